The first kappa shape index (κ1) is 23.2. The number of benzene rings is 2. The molecule has 0 fully saturated rings. The third-order valence-electron chi connectivity index (χ3n) is 4.68. The minimum absolute atomic E-state index is 0.0594. The Balaban J connectivity index is 1.86. The molecule has 0 aliphatic heterocycles. The molecule has 3 aromatic rings. The Bertz CT molecular complexity index is 1240. The van der Waals surface area contributed by atoms with E-state index in [1.54, 1.807) is 18.2 Å². The van der Waals surface area contributed by atoms with E-state index in [2.05, 4.69) is 5.32 Å². The van der Waals surface area contributed by atoms with E-state index in [0.29, 0.717) is 16.5 Å². The monoisotopic (exact) mass is 473 g/mol. The lowest BCUT2D eigenvalue weighted by Crippen LogP contribution is -2.41. The number of rotatable bonds is 8. The van der Waals surface area contributed by atoms with Crippen molar-refractivity contribution < 1.29 is 14.5 Å². The van der Waals surface area contributed by atoms with Crippen molar-refractivity contribution in [3.05, 3.63) is 109 Å². The first-order chi connectivity index (χ1) is 15.3. The molecule has 0 saturated heterocycles. The molecule has 0 saturated carbocycles. The molecule has 2 aromatic carbocycles. The Morgan fingerprint density at radius 1 is 1.06 bits per heavy atom. The number of carbonyl (C=O) groups is 2. The van der Waals surface area contributed by atoms with Crippen LogP contribution in [0.15, 0.2) is 71.7 Å². The lowest BCUT2D eigenvalue weighted by atomic mass is 10.0. The summed E-state index contributed by atoms with van der Waals surface area (Å²) in [5.41, 5.74) is -0.175. The van der Waals surface area contributed by atoms with Gasteiger partial charge in [0, 0.05) is 46.5 Å². The van der Waals surface area contributed by atoms with Gasteiger partial charge in [-0.15, -0.1) is 0 Å². The van der Waals surface area contributed by atoms with Crippen LogP contribution in [0.2, 0.25) is 10.0 Å². The van der Waals surface area contributed by atoms with Crippen LogP contribution in [0.4, 0.5) is 5.69 Å². The molecular formula is C22H17Cl2N3O5. The first-order valence-corrected chi connectivity index (χ1v) is 10.2. The van der Waals surface area contributed by atoms with E-state index in [9.17, 15) is 24.5 Å². The maximum Gasteiger partial charge on any atom is 0.270 e. The minimum atomic E-state index is -1.54. The van der Waals surface area contributed by atoms with E-state index in [-0.39, 0.29) is 17.8 Å². The number of ketones is 1. The molecule has 0 aliphatic carbocycles. The molecule has 1 heterocycles. The van der Waals surface area contributed by atoms with E-state index in [1.165, 1.54) is 42.6 Å². The van der Waals surface area contributed by atoms with Gasteiger partial charge in [0.05, 0.1) is 4.92 Å². The number of non-ortho nitro benzene ring substituents is 1. The van der Waals surface area contributed by atoms with E-state index in [0.717, 1.165) is 16.2 Å². The molecule has 32 heavy (non-hydrogen) atoms. The van der Waals surface area contributed by atoms with Gasteiger partial charge in [-0.1, -0.05) is 47.5 Å². The van der Waals surface area contributed by atoms with Crippen LogP contribution >= 0.6 is 23.2 Å². The highest BCUT2D eigenvalue weighted by Crippen LogP contribution is 2.22. The van der Waals surface area contributed by atoms with Crippen molar-refractivity contribution in [2.75, 3.05) is 6.54 Å². The number of nitro benzene ring substituents is 1. The van der Waals surface area contributed by atoms with Gasteiger partial charge < -0.3 is 5.32 Å². The number of aromatic nitrogens is 1. The fourth-order valence-electron chi connectivity index (χ4n) is 3.10. The smallest absolute Gasteiger partial charge is 0.270 e. The fourth-order valence-corrected chi connectivity index (χ4v) is 3.60. The maximum atomic E-state index is 13.2. The SMILES string of the molecule is O=C(NCCc1ccc(Cl)cc1Cl)C(C(=O)c1cccc([N+](=O)[O-])c1)n1ccccc1=O. The summed E-state index contributed by atoms with van der Waals surface area (Å²) in [5.74, 6) is -1.47. The zero-order valence-corrected chi connectivity index (χ0v) is 18.0. The van der Waals surface area contributed by atoms with Crippen LogP contribution in [-0.4, -0.2) is 27.7 Å². The average molecular weight is 474 g/mol. The van der Waals surface area contributed by atoms with Crippen LogP contribution in [0.25, 0.3) is 0 Å². The lowest BCUT2D eigenvalue weighted by molar-refractivity contribution is -0.384. The summed E-state index contributed by atoms with van der Waals surface area (Å²) in [7, 11) is 0. The Hall–Kier alpha value is -3.49. The third kappa shape index (κ3) is 5.40. The molecular weight excluding hydrogens is 457 g/mol. The predicted molar refractivity (Wildman–Crippen MR) is 120 cm³/mol. The van der Waals surface area contributed by atoms with Crippen molar-refractivity contribution in [1.29, 1.82) is 0 Å². The Kier molecular flexibility index (Phi) is 7.40. The van der Waals surface area contributed by atoms with Gasteiger partial charge in [-0.2, -0.15) is 0 Å². The number of Topliss-reactive ketones (excluding diaryl/α,β-unsaturated/α-hetero) is 1. The van der Waals surface area contributed by atoms with Gasteiger partial charge in [0.25, 0.3) is 17.2 Å². The predicted octanol–water partition coefficient (Wildman–Crippen LogP) is 3.85. The van der Waals surface area contributed by atoms with E-state index >= 15 is 0 Å². The van der Waals surface area contributed by atoms with Gasteiger partial charge in [0.15, 0.2) is 11.8 Å². The number of nitro groups is 1. The number of pyridine rings is 1. The molecule has 1 N–H and O–H groups in total. The van der Waals surface area contributed by atoms with E-state index < -0.39 is 28.2 Å². The fraction of sp³-hybridized carbons (Fsp3) is 0.136. The highest BCUT2D eigenvalue weighted by Gasteiger charge is 2.30. The zero-order chi connectivity index (χ0) is 23.3. The van der Waals surface area contributed by atoms with Crippen molar-refractivity contribution in [2.24, 2.45) is 0 Å². The molecule has 1 amide bonds. The molecule has 1 aromatic heterocycles. The Morgan fingerprint density at radius 3 is 2.53 bits per heavy atom. The van der Waals surface area contributed by atoms with Gasteiger partial charge in [-0.3, -0.25) is 29.1 Å². The Morgan fingerprint density at radius 2 is 1.84 bits per heavy atom. The zero-order valence-electron chi connectivity index (χ0n) is 16.5. The van der Waals surface area contributed by atoms with Gasteiger partial charge >= 0.3 is 0 Å². The highest BCUT2D eigenvalue weighted by atomic mass is 35.5. The summed E-state index contributed by atoms with van der Waals surface area (Å²) in [4.78, 5) is 48.9. The van der Waals surface area contributed by atoms with Crippen molar-refractivity contribution >= 4 is 40.6 Å². The van der Waals surface area contributed by atoms with E-state index in [1.807, 2.05) is 0 Å². The molecule has 0 spiro atoms. The number of hydrogen-bond acceptors (Lipinski definition) is 5. The van der Waals surface area contributed by atoms with Crippen LogP contribution < -0.4 is 10.9 Å². The molecule has 8 nitrogen and oxygen atoms in total. The van der Waals surface area contributed by atoms with Crippen LogP contribution in [0, 0.1) is 10.1 Å². The standard InChI is InChI=1S/C22H17Cl2N3O5/c23-16-8-7-14(18(24)13-16)9-10-25-22(30)20(26-11-2-1-6-19(26)28)21(29)15-4-3-5-17(12-15)27(31)32/h1-8,11-13,20H,9-10H2,(H,25,30). The first-order valence-electron chi connectivity index (χ1n) is 9.45. The van der Waals surface area contributed by atoms with Crippen molar-refractivity contribution in [3.63, 3.8) is 0 Å². The summed E-state index contributed by atoms with van der Waals surface area (Å²) in [6.45, 7) is 0.139. The van der Waals surface area contributed by atoms with Crippen molar-refractivity contribution in [1.82, 2.24) is 9.88 Å². The van der Waals surface area contributed by atoms with Crippen molar-refractivity contribution in [3.8, 4) is 0 Å². The maximum absolute atomic E-state index is 13.2. The molecule has 1 atom stereocenters. The van der Waals surface area contributed by atoms with Gasteiger partial charge in [0.2, 0.25) is 0 Å². The molecule has 164 valence electrons. The van der Waals surface area contributed by atoms with Crippen molar-refractivity contribution in [2.45, 2.75) is 12.5 Å². The summed E-state index contributed by atoms with van der Waals surface area (Å²) in [6, 6.07) is 12.7. The van der Waals surface area contributed by atoms with Gasteiger partial charge in [0.1, 0.15) is 0 Å². The lowest BCUT2D eigenvalue weighted by Gasteiger charge is -2.18. The number of nitrogens with zero attached hydrogens (tertiary/aromatic N) is 2. The molecule has 1 unspecified atom stereocenters. The van der Waals surface area contributed by atoms with Crippen LogP contribution in [0.5, 0.6) is 0 Å². The topological polar surface area (TPSA) is 111 Å². The average Bonchev–Trinajstić information content (AvgIpc) is 2.76. The molecule has 0 aliphatic rings. The number of carbonyl (C=O) groups excluding carboxylic acids is 2. The number of amides is 1. The Labute approximate surface area is 192 Å². The summed E-state index contributed by atoms with van der Waals surface area (Å²) in [6.07, 6.45) is 1.68. The summed E-state index contributed by atoms with van der Waals surface area (Å²) in [5, 5.41) is 14.6. The molecule has 0 radical (unpaired) electrons. The number of nitrogens with one attached hydrogen (secondary N) is 1. The molecule has 3 rings (SSSR count). The normalized spacial score (nSPS) is 11.6. The van der Waals surface area contributed by atoms with Gasteiger partial charge in [-0.25, -0.2) is 0 Å². The quantitative estimate of drug-likeness (QED) is 0.231. The largest absolute Gasteiger partial charge is 0.354 e. The third-order valence-corrected chi connectivity index (χ3v) is 5.26. The second-order valence-corrected chi connectivity index (χ2v) is 7.64. The molecule has 0 bridgehead atoms. The second kappa shape index (κ2) is 10.2. The summed E-state index contributed by atoms with van der Waals surface area (Å²) < 4.78 is 0.992. The minimum Gasteiger partial charge on any atom is -0.354 e. The highest BCUT2D eigenvalue weighted by molar-refractivity contribution is 6.35. The van der Waals surface area contributed by atoms with Crippen LogP contribution in [0.3, 0.4) is 0 Å². The summed E-state index contributed by atoms with van der Waals surface area (Å²) >= 11 is 12.0. The molecule has 10 heteroatoms. The van der Waals surface area contributed by atoms with Crippen LogP contribution in [-0.2, 0) is 11.2 Å². The number of halogens is 2. The number of hydrogen-bond donors (Lipinski definition) is 1. The van der Waals surface area contributed by atoms with E-state index in [4.69, 9.17) is 23.2 Å². The van der Waals surface area contributed by atoms with Crippen LogP contribution in [0.1, 0.15) is 22.0 Å². The second-order valence-electron chi connectivity index (χ2n) is 6.80. The van der Waals surface area contributed by atoms with Gasteiger partial charge in [-0.05, 0) is 30.2 Å².